The van der Waals surface area contributed by atoms with Crippen LogP contribution in [-0.4, -0.2) is 29.5 Å². The van der Waals surface area contributed by atoms with Gasteiger partial charge >= 0.3 is 0 Å². The lowest BCUT2D eigenvalue weighted by Gasteiger charge is -2.22. The summed E-state index contributed by atoms with van der Waals surface area (Å²) in [5, 5.41) is 7.67. The molecule has 1 aromatic rings. The van der Waals surface area contributed by atoms with E-state index in [4.69, 9.17) is 4.74 Å². The molecule has 1 aliphatic heterocycles. The lowest BCUT2D eigenvalue weighted by Crippen LogP contribution is -2.30. The van der Waals surface area contributed by atoms with Crippen molar-refractivity contribution in [1.82, 2.24) is 15.1 Å². The van der Waals surface area contributed by atoms with Crippen LogP contribution in [-0.2, 0) is 6.54 Å². The van der Waals surface area contributed by atoms with Crippen LogP contribution in [0.4, 0.5) is 0 Å². The van der Waals surface area contributed by atoms with E-state index in [9.17, 15) is 0 Å². The third-order valence-corrected chi connectivity index (χ3v) is 3.11. The smallest absolute Gasteiger partial charge is 0.157 e. The normalized spacial score (nSPS) is 16.6. The number of hydrogen-bond acceptors (Lipinski definition) is 3. The van der Waals surface area contributed by atoms with Gasteiger partial charge in [-0.25, -0.2) is 0 Å². The largest absolute Gasteiger partial charge is 0.490 e. The van der Waals surface area contributed by atoms with Gasteiger partial charge in [0.15, 0.2) is 5.75 Å². The van der Waals surface area contributed by atoms with Gasteiger partial charge in [0.05, 0.1) is 19.0 Å². The lowest BCUT2D eigenvalue weighted by molar-refractivity contribution is 0.215. The van der Waals surface area contributed by atoms with Crippen molar-refractivity contribution in [2.24, 2.45) is 11.8 Å². The molecular formula is C13H24ClN3O. The van der Waals surface area contributed by atoms with Crippen molar-refractivity contribution < 1.29 is 4.74 Å². The average Bonchev–Trinajstić information content (AvgIpc) is 2.75. The van der Waals surface area contributed by atoms with Crippen LogP contribution in [0.1, 0.15) is 26.7 Å². The van der Waals surface area contributed by atoms with E-state index >= 15 is 0 Å². The molecule has 5 heteroatoms. The number of nitrogens with zero attached hydrogens (tertiary/aromatic N) is 2. The van der Waals surface area contributed by atoms with Crippen LogP contribution in [0, 0.1) is 11.8 Å². The number of ether oxygens (including phenoxy) is 1. The molecule has 1 N–H and O–H groups in total. The Labute approximate surface area is 115 Å². The highest BCUT2D eigenvalue weighted by Gasteiger charge is 2.13. The van der Waals surface area contributed by atoms with Gasteiger partial charge in [-0.3, -0.25) is 4.68 Å². The molecule has 0 spiro atoms. The summed E-state index contributed by atoms with van der Waals surface area (Å²) in [4.78, 5) is 0. The third-order valence-electron chi connectivity index (χ3n) is 3.11. The second-order valence-corrected chi connectivity index (χ2v) is 5.30. The second-order valence-electron chi connectivity index (χ2n) is 5.30. The van der Waals surface area contributed by atoms with Gasteiger partial charge in [-0.1, -0.05) is 13.8 Å². The van der Waals surface area contributed by atoms with Gasteiger partial charge < -0.3 is 10.1 Å². The minimum Gasteiger partial charge on any atom is -0.490 e. The highest BCUT2D eigenvalue weighted by molar-refractivity contribution is 5.85. The molecule has 0 unspecified atom stereocenters. The lowest BCUT2D eigenvalue weighted by atomic mass is 9.99. The summed E-state index contributed by atoms with van der Waals surface area (Å²) in [5.41, 5.74) is 0. The van der Waals surface area contributed by atoms with Crippen molar-refractivity contribution in [1.29, 1.82) is 0 Å². The number of hydrogen-bond donors (Lipinski definition) is 1. The zero-order chi connectivity index (χ0) is 12.1. The molecule has 0 saturated carbocycles. The summed E-state index contributed by atoms with van der Waals surface area (Å²) in [6, 6.07) is 0. The maximum Gasteiger partial charge on any atom is 0.157 e. The van der Waals surface area contributed by atoms with Gasteiger partial charge in [0.2, 0.25) is 0 Å². The first-order valence-corrected chi connectivity index (χ1v) is 6.60. The number of piperidine rings is 1. The van der Waals surface area contributed by atoms with Crippen LogP contribution >= 0.6 is 12.4 Å². The van der Waals surface area contributed by atoms with Gasteiger partial charge in [-0.2, -0.15) is 5.10 Å². The Hall–Kier alpha value is -0.740. The molecule has 1 aliphatic rings. The summed E-state index contributed by atoms with van der Waals surface area (Å²) in [6.45, 7) is 8.42. The van der Waals surface area contributed by atoms with Crippen molar-refractivity contribution in [3.05, 3.63) is 12.4 Å². The molecule has 4 nitrogen and oxygen atoms in total. The van der Waals surface area contributed by atoms with Gasteiger partial charge in [0, 0.05) is 6.54 Å². The fourth-order valence-corrected chi connectivity index (χ4v) is 2.16. The van der Waals surface area contributed by atoms with E-state index in [2.05, 4.69) is 24.3 Å². The average molecular weight is 274 g/mol. The molecule has 104 valence electrons. The van der Waals surface area contributed by atoms with Gasteiger partial charge in [0.25, 0.3) is 0 Å². The Morgan fingerprint density at radius 2 is 2.17 bits per heavy atom. The van der Waals surface area contributed by atoms with E-state index in [-0.39, 0.29) is 12.4 Å². The van der Waals surface area contributed by atoms with Crippen molar-refractivity contribution in [2.75, 3.05) is 19.7 Å². The highest BCUT2D eigenvalue weighted by atomic mass is 35.5. The Morgan fingerprint density at radius 3 is 2.83 bits per heavy atom. The number of halogens is 1. The molecule has 1 saturated heterocycles. The molecule has 2 rings (SSSR count). The Balaban J connectivity index is 0.00000162. The molecule has 0 bridgehead atoms. The molecule has 0 aliphatic carbocycles. The molecule has 1 fully saturated rings. The molecule has 0 atom stereocenters. The number of aromatic nitrogens is 2. The van der Waals surface area contributed by atoms with E-state index in [0.29, 0.717) is 11.8 Å². The van der Waals surface area contributed by atoms with E-state index in [1.54, 1.807) is 0 Å². The van der Waals surface area contributed by atoms with Crippen LogP contribution in [0.2, 0.25) is 0 Å². The van der Waals surface area contributed by atoms with Crippen LogP contribution in [0.25, 0.3) is 0 Å². The van der Waals surface area contributed by atoms with Crippen molar-refractivity contribution in [3.63, 3.8) is 0 Å². The van der Waals surface area contributed by atoms with Crippen molar-refractivity contribution >= 4 is 12.4 Å². The first-order valence-electron chi connectivity index (χ1n) is 6.60. The Bertz CT molecular complexity index is 335. The molecule has 0 radical (unpaired) electrons. The summed E-state index contributed by atoms with van der Waals surface area (Å²) >= 11 is 0. The van der Waals surface area contributed by atoms with Crippen LogP contribution in [0.15, 0.2) is 12.4 Å². The van der Waals surface area contributed by atoms with Gasteiger partial charge in [0.1, 0.15) is 0 Å². The van der Waals surface area contributed by atoms with Crippen LogP contribution in [0.3, 0.4) is 0 Å². The minimum atomic E-state index is 0. The molecule has 2 heterocycles. The predicted octanol–water partition coefficient (Wildman–Crippen LogP) is 2.34. The summed E-state index contributed by atoms with van der Waals surface area (Å²) in [7, 11) is 0. The zero-order valence-corrected chi connectivity index (χ0v) is 12.1. The standard InChI is InChI=1S/C13H23N3O.ClH/c1-11(2)8-16-9-13(7-15-16)17-10-12-3-5-14-6-4-12;/h7,9,11-12,14H,3-6,8,10H2,1-2H3;1H. The molecule has 0 amide bonds. The van der Waals surface area contributed by atoms with Gasteiger partial charge in [-0.15, -0.1) is 12.4 Å². The third kappa shape index (κ3) is 4.86. The molecular weight excluding hydrogens is 250 g/mol. The Morgan fingerprint density at radius 1 is 1.44 bits per heavy atom. The van der Waals surface area contributed by atoms with Crippen LogP contribution < -0.4 is 10.1 Å². The fraction of sp³-hybridized carbons (Fsp3) is 0.769. The Kier molecular flexibility index (Phi) is 6.50. The SMILES string of the molecule is CC(C)Cn1cc(OCC2CCNCC2)cn1.Cl. The van der Waals surface area contributed by atoms with Gasteiger partial charge in [-0.05, 0) is 37.8 Å². The molecule has 1 aromatic heterocycles. The molecule has 0 aromatic carbocycles. The monoisotopic (exact) mass is 273 g/mol. The van der Waals surface area contributed by atoms with Crippen LogP contribution in [0.5, 0.6) is 5.75 Å². The zero-order valence-electron chi connectivity index (χ0n) is 11.3. The van der Waals surface area contributed by atoms with E-state index < -0.39 is 0 Å². The first-order chi connectivity index (χ1) is 8.24. The van der Waals surface area contributed by atoms with Crippen molar-refractivity contribution in [3.8, 4) is 5.75 Å². The quantitative estimate of drug-likeness (QED) is 0.895. The van der Waals surface area contributed by atoms with Crippen molar-refractivity contribution in [2.45, 2.75) is 33.2 Å². The maximum atomic E-state index is 5.80. The second kappa shape index (κ2) is 7.64. The number of rotatable bonds is 5. The van der Waals surface area contributed by atoms with E-state index in [1.165, 1.54) is 12.8 Å². The first kappa shape index (κ1) is 15.3. The predicted molar refractivity (Wildman–Crippen MR) is 75.4 cm³/mol. The minimum absolute atomic E-state index is 0. The summed E-state index contributed by atoms with van der Waals surface area (Å²) < 4.78 is 7.76. The maximum absolute atomic E-state index is 5.80. The van der Waals surface area contributed by atoms with E-state index in [0.717, 1.165) is 32.0 Å². The van der Waals surface area contributed by atoms with E-state index in [1.807, 2.05) is 17.1 Å². The summed E-state index contributed by atoms with van der Waals surface area (Å²) in [6.07, 6.45) is 6.27. The molecule has 18 heavy (non-hydrogen) atoms. The topological polar surface area (TPSA) is 39.1 Å². The fourth-order valence-electron chi connectivity index (χ4n) is 2.16. The highest BCUT2D eigenvalue weighted by Crippen LogP contribution is 2.15. The number of nitrogens with one attached hydrogen (secondary N) is 1. The summed E-state index contributed by atoms with van der Waals surface area (Å²) in [5.74, 6) is 2.22.